The number of carbonyl (C=O) groups is 2. The quantitative estimate of drug-likeness (QED) is 0.233. The molecule has 0 aliphatic heterocycles. The number of carboxylic acids is 2. The molecular formula is C11H24NO9+. The largest absolute Gasteiger partial charge is 0.479 e. The first-order chi connectivity index (χ1) is 9.33. The third-order valence-electron chi connectivity index (χ3n) is 2.12. The van der Waals surface area contributed by atoms with E-state index in [0.29, 0.717) is 4.48 Å². The average molecular weight is 314 g/mol. The number of aliphatic carboxylic acids is 2. The number of nitrogens with zero attached hydrogens (tertiary/aromatic N) is 1. The van der Waals surface area contributed by atoms with Crippen molar-refractivity contribution in [3.05, 3.63) is 0 Å². The van der Waals surface area contributed by atoms with Crippen LogP contribution in [0.2, 0.25) is 0 Å². The van der Waals surface area contributed by atoms with Crippen LogP contribution in [0.1, 0.15) is 0 Å². The van der Waals surface area contributed by atoms with E-state index < -0.39 is 43.0 Å². The zero-order valence-corrected chi connectivity index (χ0v) is 12.1. The van der Waals surface area contributed by atoms with Gasteiger partial charge in [-0.25, -0.2) is 9.59 Å². The first kappa shape index (κ1) is 22.0. The van der Waals surface area contributed by atoms with E-state index in [4.69, 9.17) is 35.7 Å². The van der Waals surface area contributed by atoms with Crippen LogP contribution in [0.5, 0.6) is 0 Å². The van der Waals surface area contributed by atoms with E-state index in [-0.39, 0.29) is 6.54 Å². The van der Waals surface area contributed by atoms with Crippen molar-refractivity contribution in [2.24, 2.45) is 0 Å². The fourth-order valence-electron chi connectivity index (χ4n) is 1.07. The molecule has 0 saturated heterocycles. The summed E-state index contributed by atoms with van der Waals surface area (Å²) in [4.78, 5) is 20.1. The van der Waals surface area contributed by atoms with Crippen LogP contribution >= 0.6 is 0 Å². The minimum absolute atomic E-state index is 0.181. The van der Waals surface area contributed by atoms with E-state index >= 15 is 0 Å². The summed E-state index contributed by atoms with van der Waals surface area (Å²) < 4.78 is 0.481. The highest BCUT2D eigenvalue weighted by atomic mass is 16.4. The summed E-state index contributed by atoms with van der Waals surface area (Å²) >= 11 is 0. The Kier molecular flexibility index (Phi) is 10.1. The van der Waals surface area contributed by atoms with Gasteiger partial charge in [-0.3, -0.25) is 0 Å². The van der Waals surface area contributed by atoms with Crippen molar-refractivity contribution in [1.82, 2.24) is 0 Å². The number of rotatable bonds is 7. The number of quaternary nitrogens is 1. The van der Waals surface area contributed by atoms with Crippen LogP contribution in [-0.2, 0) is 9.59 Å². The molecule has 0 radical (unpaired) electrons. The summed E-state index contributed by atoms with van der Waals surface area (Å²) in [5.74, 6) is -2.48. The van der Waals surface area contributed by atoms with Gasteiger partial charge in [-0.05, 0) is 0 Å². The summed E-state index contributed by atoms with van der Waals surface area (Å²) in [7, 11) is 5.52. The van der Waals surface area contributed by atoms with Gasteiger partial charge in [-0.15, -0.1) is 0 Å². The number of hydrogen-bond donors (Lipinski definition) is 7. The van der Waals surface area contributed by atoms with Crippen molar-refractivity contribution in [3.8, 4) is 0 Å². The summed E-state index contributed by atoms with van der Waals surface area (Å²) in [5, 5.41) is 60.0. The summed E-state index contributed by atoms with van der Waals surface area (Å²) in [6.07, 6.45) is -7.84. The molecule has 21 heavy (non-hydrogen) atoms. The molecule has 4 atom stereocenters. The van der Waals surface area contributed by atoms with E-state index in [0.717, 1.165) is 0 Å². The van der Waals surface area contributed by atoms with Crippen molar-refractivity contribution in [1.29, 1.82) is 0 Å². The normalized spacial score (nSPS) is 17.0. The van der Waals surface area contributed by atoms with Crippen LogP contribution in [0.4, 0.5) is 0 Å². The minimum Gasteiger partial charge on any atom is -0.479 e. The van der Waals surface area contributed by atoms with Crippen molar-refractivity contribution in [2.45, 2.75) is 24.4 Å². The molecule has 0 spiro atoms. The topological polar surface area (TPSA) is 176 Å². The molecule has 126 valence electrons. The smallest absolute Gasteiger partial charge is 0.359 e. The van der Waals surface area contributed by atoms with Gasteiger partial charge in [0, 0.05) is 0 Å². The van der Waals surface area contributed by atoms with Gasteiger partial charge < -0.3 is 40.2 Å². The van der Waals surface area contributed by atoms with Crippen molar-refractivity contribution in [2.75, 3.05) is 34.3 Å². The molecule has 0 saturated carbocycles. The Morgan fingerprint density at radius 2 is 1.38 bits per heavy atom. The lowest BCUT2D eigenvalue weighted by Crippen LogP contribution is -2.48. The lowest BCUT2D eigenvalue weighted by molar-refractivity contribution is -0.862. The monoisotopic (exact) mass is 314 g/mol. The highest BCUT2D eigenvalue weighted by molar-refractivity contribution is 5.72. The summed E-state index contributed by atoms with van der Waals surface area (Å²) in [6.45, 7) is -0.662. The van der Waals surface area contributed by atoms with E-state index in [9.17, 15) is 9.59 Å². The third-order valence-corrected chi connectivity index (χ3v) is 2.12. The van der Waals surface area contributed by atoms with Crippen LogP contribution in [0, 0.1) is 0 Å². The Balaban J connectivity index is 0. The maximum Gasteiger partial charge on any atom is 0.359 e. The molecular weight excluding hydrogens is 290 g/mol. The molecule has 0 aliphatic rings. The van der Waals surface area contributed by atoms with E-state index in [1.54, 1.807) is 0 Å². The van der Waals surface area contributed by atoms with Gasteiger partial charge in [0.2, 0.25) is 0 Å². The summed E-state index contributed by atoms with van der Waals surface area (Å²) in [5.41, 5.74) is 0. The molecule has 0 fully saturated rings. The van der Waals surface area contributed by atoms with Gasteiger partial charge in [0.1, 0.15) is 18.3 Å². The second-order valence-electron chi connectivity index (χ2n) is 5.36. The number of likely N-dealkylation sites (N-methyl/N-ethyl adjacent to an activating group) is 1. The molecule has 10 heteroatoms. The van der Waals surface area contributed by atoms with Crippen molar-refractivity contribution >= 4 is 11.9 Å². The van der Waals surface area contributed by atoms with Gasteiger partial charge in [-0.2, -0.15) is 0 Å². The standard InChI is InChI=1S/C6H12O7.C5H11NO2/c7-1-2(8)3(9)4(10)5(11)6(12)13;1-6(2,3)4-5(7)8/h2-5,7-11H,1H2,(H,12,13);4H2,1-3H3/p+1/t2-,3-,4+,5-;/m1./s1. The van der Waals surface area contributed by atoms with Gasteiger partial charge in [0.15, 0.2) is 12.6 Å². The Morgan fingerprint density at radius 3 is 1.57 bits per heavy atom. The second kappa shape index (κ2) is 9.60. The highest BCUT2D eigenvalue weighted by Gasteiger charge is 2.33. The molecule has 7 N–H and O–H groups in total. The van der Waals surface area contributed by atoms with Gasteiger partial charge >= 0.3 is 11.9 Å². The van der Waals surface area contributed by atoms with Gasteiger partial charge in [0.25, 0.3) is 0 Å². The van der Waals surface area contributed by atoms with Crippen LogP contribution in [0.25, 0.3) is 0 Å². The van der Waals surface area contributed by atoms with Crippen molar-refractivity contribution < 1.29 is 49.8 Å². The molecule has 0 aliphatic carbocycles. The number of aliphatic hydroxyl groups excluding tert-OH is 5. The number of hydrogen-bond acceptors (Lipinski definition) is 7. The predicted molar refractivity (Wildman–Crippen MR) is 69.3 cm³/mol. The van der Waals surface area contributed by atoms with Crippen LogP contribution in [-0.4, -0.2) is 111 Å². The SMILES string of the molecule is C[N+](C)(C)CC(=O)O.O=C(O)[C@H](O)[C@@H](O)[C@H](O)[C@H](O)CO. The number of carboxylic acid groups (broad SMARTS) is 2. The van der Waals surface area contributed by atoms with Crippen LogP contribution < -0.4 is 0 Å². The molecule has 0 bridgehead atoms. The minimum atomic E-state index is -2.20. The zero-order chi connectivity index (χ0) is 17.4. The second-order valence-corrected chi connectivity index (χ2v) is 5.36. The van der Waals surface area contributed by atoms with Crippen molar-refractivity contribution in [3.63, 3.8) is 0 Å². The molecule has 0 aromatic heterocycles. The maximum atomic E-state index is 10.1. The van der Waals surface area contributed by atoms with E-state index in [1.165, 1.54) is 0 Å². The fraction of sp³-hybridized carbons (Fsp3) is 0.818. The lowest BCUT2D eigenvalue weighted by atomic mass is 10.0. The first-order valence-electron chi connectivity index (χ1n) is 5.91. The maximum absolute atomic E-state index is 10.1. The van der Waals surface area contributed by atoms with Crippen LogP contribution in [0.15, 0.2) is 0 Å². The Labute approximate surface area is 121 Å². The molecule has 10 nitrogen and oxygen atoms in total. The Bertz CT molecular complexity index is 328. The molecule has 0 heterocycles. The molecule has 0 aromatic rings. The average Bonchev–Trinajstić information content (AvgIpc) is 2.32. The van der Waals surface area contributed by atoms with E-state index in [2.05, 4.69) is 0 Å². The molecule has 0 aromatic carbocycles. The predicted octanol–water partition coefficient (Wildman–Crippen LogP) is -3.72. The summed E-state index contributed by atoms with van der Waals surface area (Å²) in [6, 6.07) is 0. The highest BCUT2D eigenvalue weighted by Crippen LogP contribution is 2.04. The van der Waals surface area contributed by atoms with E-state index in [1.807, 2.05) is 21.1 Å². The molecule has 0 rings (SSSR count). The van der Waals surface area contributed by atoms with Gasteiger partial charge in [0.05, 0.1) is 27.7 Å². The lowest BCUT2D eigenvalue weighted by Gasteiger charge is -2.23. The first-order valence-corrected chi connectivity index (χ1v) is 5.91. The number of aliphatic hydroxyl groups is 5. The van der Waals surface area contributed by atoms with Crippen LogP contribution in [0.3, 0.4) is 0 Å². The Hall–Kier alpha value is -1.30. The molecule has 0 unspecified atom stereocenters. The third kappa shape index (κ3) is 11.1. The zero-order valence-electron chi connectivity index (χ0n) is 12.1. The molecule has 0 amide bonds. The van der Waals surface area contributed by atoms with Gasteiger partial charge in [-0.1, -0.05) is 0 Å². The fourth-order valence-corrected chi connectivity index (χ4v) is 1.07. The Morgan fingerprint density at radius 1 is 0.952 bits per heavy atom.